The van der Waals surface area contributed by atoms with Gasteiger partial charge in [-0.05, 0) is 13.0 Å². The molecular formula is C13H14N4O2. The lowest BCUT2D eigenvalue weighted by Gasteiger charge is -2.33. The molecule has 0 atom stereocenters. The van der Waals surface area contributed by atoms with E-state index in [1.54, 1.807) is 12.1 Å². The molecular weight excluding hydrogens is 244 g/mol. The number of likely N-dealkylation sites (N-methyl/N-ethyl adjacent to an activating group) is 1. The number of pyridine rings is 1. The average molecular weight is 258 g/mol. The fourth-order valence-corrected chi connectivity index (χ4v) is 2.01. The summed E-state index contributed by atoms with van der Waals surface area (Å²) in [6.07, 6.45) is 1.53. The fourth-order valence-electron chi connectivity index (χ4n) is 2.01. The third-order valence-electron chi connectivity index (χ3n) is 3.10. The van der Waals surface area contributed by atoms with Crippen molar-refractivity contribution in [3.05, 3.63) is 29.6 Å². The van der Waals surface area contributed by atoms with Gasteiger partial charge >= 0.3 is 0 Å². The van der Waals surface area contributed by atoms with Crippen LogP contribution in [0.2, 0.25) is 0 Å². The van der Waals surface area contributed by atoms with Gasteiger partial charge < -0.3 is 9.80 Å². The predicted molar refractivity (Wildman–Crippen MR) is 66.6 cm³/mol. The number of aromatic nitrogens is 1. The zero-order valence-electron chi connectivity index (χ0n) is 10.7. The summed E-state index contributed by atoms with van der Waals surface area (Å²) in [5.41, 5.74) is 0.955. The molecule has 6 nitrogen and oxygen atoms in total. The highest BCUT2D eigenvalue weighted by atomic mass is 16.2. The monoisotopic (exact) mass is 258 g/mol. The summed E-state index contributed by atoms with van der Waals surface area (Å²) in [7, 11) is 0. The van der Waals surface area contributed by atoms with Crippen LogP contribution in [0.4, 0.5) is 0 Å². The Labute approximate surface area is 111 Å². The lowest BCUT2D eigenvalue weighted by molar-refractivity contribution is -0.150. The molecule has 1 aromatic rings. The van der Waals surface area contributed by atoms with Crippen LogP contribution in [0.1, 0.15) is 18.2 Å². The molecule has 0 bridgehead atoms. The highest BCUT2D eigenvalue weighted by molar-refractivity contribution is 5.92. The molecule has 1 fully saturated rings. The van der Waals surface area contributed by atoms with E-state index in [1.165, 1.54) is 16.0 Å². The molecule has 0 N–H and O–H groups in total. The third kappa shape index (κ3) is 2.71. The molecule has 0 aromatic carbocycles. The summed E-state index contributed by atoms with van der Waals surface area (Å²) in [5.74, 6) is -0.168. The van der Waals surface area contributed by atoms with E-state index in [2.05, 4.69) is 4.98 Å². The van der Waals surface area contributed by atoms with Gasteiger partial charge in [0.15, 0.2) is 0 Å². The second kappa shape index (κ2) is 5.48. The number of rotatable bonds is 3. The largest absolute Gasteiger partial charge is 0.332 e. The van der Waals surface area contributed by atoms with Gasteiger partial charge in [0.25, 0.3) is 0 Å². The Balaban J connectivity index is 2.14. The Hall–Kier alpha value is -2.42. The van der Waals surface area contributed by atoms with Crippen molar-refractivity contribution < 1.29 is 9.59 Å². The Morgan fingerprint density at radius 3 is 2.68 bits per heavy atom. The Morgan fingerprint density at radius 2 is 2.00 bits per heavy atom. The number of carbonyl (C=O) groups excluding carboxylic acids is 2. The second-order valence-electron chi connectivity index (χ2n) is 4.28. The summed E-state index contributed by atoms with van der Waals surface area (Å²) in [5, 5.41) is 8.95. The zero-order valence-corrected chi connectivity index (χ0v) is 10.7. The van der Waals surface area contributed by atoms with E-state index in [-0.39, 0.29) is 31.4 Å². The van der Waals surface area contributed by atoms with Gasteiger partial charge in [-0.1, -0.05) is 6.07 Å². The fraction of sp³-hybridized carbons (Fsp3) is 0.385. The summed E-state index contributed by atoms with van der Waals surface area (Å²) in [6, 6.07) is 5.45. The quantitative estimate of drug-likeness (QED) is 0.773. The standard InChI is InChI=1S/C13H14N4O2/c1-2-16-8-13(19)17(9-12(16)18)7-10-4-3-5-15-11(10)6-14/h3-5H,2,7-9H2,1H3. The van der Waals surface area contributed by atoms with E-state index in [1.807, 2.05) is 13.0 Å². The Bertz CT molecular complexity index is 550. The van der Waals surface area contributed by atoms with Crippen LogP contribution in [0.5, 0.6) is 0 Å². The van der Waals surface area contributed by atoms with E-state index in [0.29, 0.717) is 17.8 Å². The van der Waals surface area contributed by atoms with Crippen LogP contribution in [-0.4, -0.2) is 46.2 Å². The number of hydrogen-bond donors (Lipinski definition) is 0. The molecule has 0 radical (unpaired) electrons. The summed E-state index contributed by atoms with van der Waals surface area (Å²) in [4.78, 5) is 30.6. The first-order valence-electron chi connectivity index (χ1n) is 6.05. The summed E-state index contributed by atoms with van der Waals surface area (Å²) in [6.45, 7) is 2.80. The minimum Gasteiger partial charge on any atom is -0.332 e. The van der Waals surface area contributed by atoms with Crippen LogP contribution in [0.25, 0.3) is 0 Å². The predicted octanol–water partition coefficient (Wildman–Crippen LogP) is 0.144. The number of nitrogens with zero attached hydrogens (tertiary/aromatic N) is 4. The first-order valence-corrected chi connectivity index (χ1v) is 6.05. The number of piperazine rings is 1. The van der Waals surface area contributed by atoms with Gasteiger partial charge in [-0.15, -0.1) is 0 Å². The molecule has 2 amide bonds. The van der Waals surface area contributed by atoms with Crippen molar-refractivity contribution in [3.63, 3.8) is 0 Å². The molecule has 2 heterocycles. The van der Waals surface area contributed by atoms with Gasteiger partial charge in [-0.3, -0.25) is 9.59 Å². The minimum absolute atomic E-state index is 0.0619. The topological polar surface area (TPSA) is 77.3 Å². The van der Waals surface area contributed by atoms with Gasteiger partial charge in [0.1, 0.15) is 18.3 Å². The second-order valence-corrected chi connectivity index (χ2v) is 4.28. The van der Waals surface area contributed by atoms with E-state index < -0.39 is 0 Å². The molecule has 19 heavy (non-hydrogen) atoms. The molecule has 1 aliphatic heterocycles. The van der Waals surface area contributed by atoms with Crippen LogP contribution < -0.4 is 0 Å². The highest BCUT2D eigenvalue weighted by Gasteiger charge is 2.29. The number of nitriles is 1. The molecule has 98 valence electrons. The first kappa shape index (κ1) is 13.0. The molecule has 2 rings (SSSR count). The van der Waals surface area contributed by atoms with E-state index >= 15 is 0 Å². The smallest absolute Gasteiger partial charge is 0.242 e. The number of hydrogen-bond acceptors (Lipinski definition) is 4. The lowest BCUT2D eigenvalue weighted by Crippen LogP contribution is -2.53. The highest BCUT2D eigenvalue weighted by Crippen LogP contribution is 2.12. The summed E-state index contributed by atoms with van der Waals surface area (Å²) < 4.78 is 0. The van der Waals surface area contributed by atoms with Gasteiger partial charge in [0, 0.05) is 24.8 Å². The van der Waals surface area contributed by atoms with Crippen LogP contribution in [0.3, 0.4) is 0 Å². The van der Waals surface area contributed by atoms with Crippen molar-refractivity contribution in [1.29, 1.82) is 5.26 Å². The van der Waals surface area contributed by atoms with Crippen molar-refractivity contribution in [3.8, 4) is 6.07 Å². The average Bonchev–Trinajstić information content (AvgIpc) is 2.43. The summed E-state index contributed by atoms with van der Waals surface area (Å²) >= 11 is 0. The number of carbonyl (C=O) groups is 2. The first-order chi connectivity index (χ1) is 9.15. The maximum absolute atomic E-state index is 11.9. The SMILES string of the molecule is CCN1CC(=O)N(Cc2cccnc2C#N)CC1=O. The molecule has 0 unspecified atom stereocenters. The molecule has 1 aliphatic rings. The lowest BCUT2D eigenvalue weighted by atomic mass is 10.1. The van der Waals surface area contributed by atoms with Gasteiger partial charge in [0.05, 0.1) is 6.54 Å². The van der Waals surface area contributed by atoms with Crippen molar-refractivity contribution in [2.45, 2.75) is 13.5 Å². The van der Waals surface area contributed by atoms with Crippen LogP contribution in [0, 0.1) is 11.3 Å². The number of amides is 2. The van der Waals surface area contributed by atoms with Crippen molar-refractivity contribution in [1.82, 2.24) is 14.8 Å². The normalized spacial score (nSPS) is 15.6. The molecule has 1 saturated heterocycles. The zero-order chi connectivity index (χ0) is 13.8. The Kier molecular flexibility index (Phi) is 3.76. The molecule has 0 spiro atoms. The maximum Gasteiger partial charge on any atom is 0.242 e. The van der Waals surface area contributed by atoms with E-state index in [9.17, 15) is 9.59 Å². The minimum atomic E-state index is -0.103. The molecule has 0 saturated carbocycles. The van der Waals surface area contributed by atoms with Crippen LogP contribution in [-0.2, 0) is 16.1 Å². The van der Waals surface area contributed by atoms with Crippen LogP contribution in [0.15, 0.2) is 18.3 Å². The van der Waals surface area contributed by atoms with Crippen LogP contribution >= 0.6 is 0 Å². The van der Waals surface area contributed by atoms with Gasteiger partial charge in [0.2, 0.25) is 11.8 Å². The van der Waals surface area contributed by atoms with Crippen molar-refractivity contribution >= 4 is 11.8 Å². The van der Waals surface area contributed by atoms with E-state index in [0.717, 1.165) is 0 Å². The van der Waals surface area contributed by atoms with Gasteiger partial charge in [-0.25, -0.2) is 4.98 Å². The molecule has 0 aliphatic carbocycles. The Morgan fingerprint density at radius 1 is 1.32 bits per heavy atom. The third-order valence-corrected chi connectivity index (χ3v) is 3.10. The molecule has 1 aromatic heterocycles. The van der Waals surface area contributed by atoms with Crippen molar-refractivity contribution in [2.75, 3.05) is 19.6 Å². The van der Waals surface area contributed by atoms with E-state index in [4.69, 9.17) is 5.26 Å². The van der Waals surface area contributed by atoms with Gasteiger partial charge in [-0.2, -0.15) is 5.26 Å². The molecule has 6 heteroatoms. The van der Waals surface area contributed by atoms with Crippen molar-refractivity contribution in [2.24, 2.45) is 0 Å². The maximum atomic E-state index is 11.9.